The van der Waals surface area contributed by atoms with Crippen LogP contribution in [0.5, 0.6) is 0 Å². The van der Waals surface area contributed by atoms with Gasteiger partial charge in [0.05, 0.1) is 5.69 Å². The Labute approximate surface area is 176 Å². The first kappa shape index (κ1) is 21.7. The molecular formula is C24H37N5. The van der Waals surface area contributed by atoms with Crippen molar-refractivity contribution < 1.29 is 0 Å². The molecule has 1 saturated heterocycles. The van der Waals surface area contributed by atoms with Crippen molar-refractivity contribution in [1.29, 1.82) is 0 Å². The van der Waals surface area contributed by atoms with Gasteiger partial charge in [0, 0.05) is 43.4 Å². The summed E-state index contributed by atoms with van der Waals surface area (Å²) in [4.78, 5) is 13.3. The van der Waals surface area contributed by atoms with E-state index in [-0.39, 0.29) is 0 Å². The second kappa shape index (κ2) is 11.3. The molecule has 0 bridgehead atoms. The summed E-state index contributed by atoms with van der Waals surface area (Å²) in [6.07, 6.45) is 12.8. The maximum atomic E-state index is 4.46. The Morgan fingerprint density at radius 3 is 2.34 bits per heavy atom. The third-order valence-electron chi connectivity index (χ3n) is 5.51. The first-order valence-electron chi connectivity index (χ1n) is 11.1. The van der Waals surface area contributed by atoms with Crippen LogP contribution in [-0.2, 0) is 25.8 Å². The van der Waals surface area contributed by atoms with Crippen molar-refractivity contribution in [2.45, 2.75) is 51.5 Å². The lowest BCUT2D eigenvalue weighted by Crippen LogP contribution is -2.28. The van der Waals surface area contributed by atoms with Crippen molar-refractivity contribution >= 4 is 5.69 Å². The van der Waals surface area contributed by atoms with Crippen molar-refractivity contribution in [3.63, 3.8) is 0 Å². The van der Waals surface area contributed by atoms with E-state index in [4.69, 9.17) is 0 Å². The molecule has 5 heteroatoms. The summed E-state index contributed by atoms with van der Waals surface area (Å²) in [7, 11) is 6.00. The SMILES string of the molecule is CN(C)C.c1cc(N2CCCC2)c2c(n1)CNCC2.c1cnc2c(c1)CCCC2. The molecule has 4 heterocycles. The summed E-state index contributed by atoms with van der Waals surface area (Å²) >= 11 is 0. The molecule has 2 aliphatic heterocycles. The normalized spacial score (nSPS) is 17.4. The van der Waals surface area contributed by atoms with Crippen LogP contribution < -0.4 is 10.2 Å². The van der Waals surface area contributed by atoms with Gasteiger partial charge in [-0.1, -0.05) is 6.07 Å². The highest BCUT2D eigenvalue weighted by molar-refractivity contribution is 5.56. The minimum absolute atomic E-state index is 0.941. The average Bonchev–Trinajstić information content (AvgIpc) is 3.28. The predicted octanol–water partition coefficient (Wildman–Crippen LogP) is 3.47. The largest absolute Gasteiger partial charge is 0.371 e. The fraction of sp³-hybridized carbons (Fsp3) is 0.583. The van der Waals surface area contributed by atoms with Gasteiger partial charge < -0.3 is 15.1 Å². The molecule has 0 atom stereocenters. The molecule has 1 fully saturated rings. The van der Waals surface area contributed by atoms with Crippen LogP contribution in [0, 0.1) is 0 Å². The standard InChI is InChI=1S/C12H17N3.C9H11N.C3H9N/c1-2-8-15(7-1)12-4-6-14-11-9-13-5-3-10(11)12;1-2-6-9-8(4-1)5-3-7-10-9;1-4(2)3/h4,6,13H,1-3,5,7-9H2;3,5,7H,1-2,4,6H2;1-3H3. The van der Waals surface area contributed by atoms with Crippen LogP contribution in [0.1, 0.15) is 48.2 Å². The Balaban J connectivity index is 0.000000148. The monoisotopic (exact) mass is 395 g/mol. The maximum absolute atomic E-state index is 4.46. The smallest absolute Gasteiger partial charge is 0.0594 e. The quantitative estimate of drug-likeness (QED) is 0.801. The van der Waals surface area contributed by atoms with Gasteiger partial charge in [0.25, 0.3) is 0 Å². The third-order valence-corrected chi connectivity index (χ3v) is 5.51. The van der Waals surface area contributed by atoms with Gasteiger partial charge in [0.15, 0.2) is 0 Å². The van der Waals surface area contributed by atoms with Gasteiger partial charge >= 0.3 is 0 Å². The van der Waals surface area contributed by atoms with E-state index in [0.717, 1.165) is 19.5 Å². The number of anilines is 1. The highest BCUT2D eigenvalue weighted by atomic mass is 15.1. The predicted molar refractivity (Wildman–Crippen MR) is 122 cm³/mol. The van der Waals surface area contributed by atoms with E-state index in [9.17, 15) is 0 Å². The van der Waals surface area contributed by atoms with Crippen LogP contribution in [0.15, 0.2) is 30.6 Å². The average molecular weight is 396 g/mol. The van der Waals surface area contributed by atoms with E-state index in [1.54, 1.807) is 0 Å². The number of pyridine rings is 2. The number of hydrogen-bond donors (Lipinski definition) is 1. The number of fused-ring (bicyclic) bond motifs is 2. The Bertz CT molecular complexity index is 725. The molecule has 0 radical (unpaired) electrons. The Hall–Kier alpha value is -1.98. The van der Waals surface area contributed by atoms with Gasteiger partial charge in [-0.15, -0.1) is 0 Å². The molecular weight excluding hydrogens is 358 g/mol. The van der Waals surface area contributed by atoms with Crippen LogP contribution in [0.3, 0.4) is 0 Å². The maximum Gasteiger partial charge on any atom is 0.0594 e. The van der Waals surface area contributed by atoms with Crippen LogP contribution in [0.4, 0.5) is 5.69 Å². The number of nitrogens with one attached hydrogen (secondary N) is 1. The first-order valence-corrected chi connectivity index (χ1v) is 11.1. The lowest BCUT2D eigenvalue weighted by atomic mass is 9.96. The number of rotatable bonds is 1. The van der Waals surface area contributed by atoms with Gasteiger partial charge in [0.2, 0.25) is 0 Å². The fourth-order valence-corrected chi connectivity index (χ4v) is 4.16. The second-order valence-electron chi connectivity index (χ2n) is 8.53. The zero-order valence-corrected chi connectivity index (χ0v) is 18.5. The lowest BCUT2D eigenvalue weighted by Gasteiger charge is -2.25. The molecule has 158 valence electrons. The highest BCUT2D eigenvalue weighted by Gasteiger charge is 2.19. The van der Waals surface area contributed by atoms with Gasteiger partial charge in [-0.05, 0) is 95.9 Å². The number of hydrogen-bond acceptors (Lipinski definition) is 5. The zero-order valence-electron chi connectivity index (χ0n) is 18.5. The van der Waals surface area contributed by atoms with Gasteiger partial charge in [-0.2, -0.15) is 0 Å². The van der Waals surface area contributed by atoms with E-state index < -0.39 is 0 Å². The van der Waals surface area contributed by atoms with E-state index >= 15 is 0 Å². The van der Waals surface area contributed by atoms with Gasteiger partial charge in [-0.3, -0.25) is 9.97 Å². The third kappa shape index (κ3) is 6.51. The molecule has 1 aliphatic carbocycles. The molecule has 0 spiro atoms. The summed E-state index contributed by atoms with van der Waals surface area (Å²) in [5, 5.41) is 3.38. The molecule has 0 aromatic carbocycles. The molecule has 3 aliphatic rings. The van der Waals surface area contributed by atoms with Crippen LogP contribution in [-0.4, -0.2) is 55.6 Å². The summed E-state index contributed by atoms with van der Waals surface area (Å²) in [5.41, 5.74) is 6.98. The minimum Gasteiger partial charge on any atom is -0.371 e. The summed E-state index contributed by atoms with van der Waals surface area (Å²) < 4.78 is 0. The number of aromatic nitrogens is 2. The molecule has 5 rings (SSSR count). The Morgan fingerprint density at radius 1 is 0.862 bits per heavy atom. The van der Waals surface area contributed by atoms with Crippen molar-refractivity contribution in [2.75, 3.05) is 45.7 Å². The Morgan fingerprint density at radius 2 is 1.59 bits per heavy atom. The topological polar surface area (TPSA) is 44.3 Å². The van der Waals surface area contributed by atoms with Crippen molar-refractivity contribution in [3.8, 4) is 0 Å². The van der Waals surface area contributed by atoms with Gasteiger partial charge in [0.1, 0.15) is 0 Å². The molecule has 0 unspecified atom stereocenters. The molecule has 0 saturated carbocycles. The van der Waals surface area contributed by atoms with Crippen LogP contribution in [0.25, 0.3) is 0 Å². The fourth-order valence-electron chi connectivity index (χ4n) is 4.16. The van der Waals surface area contributed by atoms with Crippen molar-refractivity contribution in [1.82, 2.24) is 20.2 Å². The van der Waals surface area contributed by atoms with Crippen molar-refractivity contribution in [2.24, 2.45) is 0 Å². The van der Waals surface area contributed by atoms with E-state index in [1.807, 2.05) is 44.5 Å². The Kier molecular flexibility index (Phi) is 8.44. The van der Waals surface area contributed by atoms with E-state index in [1.165, 1.54) is 79.8 Å². The molecule has 0 amide bonds. The summed E-state index contributed by atoms with van der Waals surface area (Å²) in [5.74, 6) is 0. The molecule has 5 nitrogen and oxygen atoms in total. The number of nitrogens with zero attached hydrogens (tertiary/aromatic N) is 4. The van der Waals surface area contributed by atoms with E-state index in [0.29, 0.717) is 0 Å². The molecule has 29 heavy (non-hydrogen) atoms. The van der Waals surface area contributed by atoms with E-state index in [2.05, 4.69) is 32.3 Å². The molecule has 2 aromatic rings. The van der Waals surface area contributed by atoms with Crippen molar-refractivity contribution in [3.05, 3.63) is 53.1 Å². The first-order chi connectivity index (χ1) is 14.1. The lowest BCUT2D eigenvalue weighted by molar-refractivity contribution is 0.505. The number of aryl methyl sites for hydroxylation is 2. The molecule has 2 aromatic heterocycles. The second-order valence-corrected chi connectivity index (χ2v) is 8.53. The molecule has 1 N–H and O–H groups in total. The zero-order chi connectivity index (χ0) is 20.5. The van der Waals surface area contributed by atoms with Crippen LogP contribution in [0.2, 0.25) is 0 Å². The van der Waals surface area contributed by atoms with Crippen LogP contribution >= 0.6 is 0 Å². The summed E-state index contributed by atoms with van der Waals surface area (Å²) in [6.45, 7) is 4.49. The summed E-state index contributed by atoms with van der Waals surface area (Å²) in [6, 6.07) is 6.42. The highest BCUT2D eigenvalue weighted by Crippen LogP contribution is 2.27. The van der Waals surface area contributed by atoms with Gasteiger partial charge in [-0.25, -0.2) is 0 Å². The minimum atomic E-state index is 0.941.